The van der Waals surface area contributed by atoms with Gasteiger partial charge in [-0.25, -0.2) is 9.78 Å². The summed E-state index contributed by atoms with van der Waals surface area (Å²) >= 11 is 1.71. The molecule has 9 heteroatoms. The van der Waals surface area contributed by atoms with Gasteiger partial charge in [-0.2, -0.15) is 0 Å². The average Bonchev–Trinajstić information content (AvgIpc) is 3.52. The molecule has 0 aromatic carbocycles. The Morgan fingerprint density at radius 2 is 1.77 bits per heavy atom. The van der Waals surface area contributed by atoms with E-state index in [4.69, 9.17) is 9.72 Å². The van der Waals surface area contributed by atoms with E-state index in [9.17, 15) is 9.59 Å². The summed E-state index contributed by atoms with van der Waals surface area (Å²) in [7, 11) is 0. The number of aromatic nitrogens is 3. The van der Waals surface area contributed by atoms with Crippen LogP contribution >= 0.6 is 11.3 Å². The monoisotopic (exact) mass is 545 g/mol. The first-order chi connectivity index (χ1) is 18.6. The second-order valence-electron chi connectivity index (χ2n) is 11.0. The van der Waals surface area contributed by atoms with Gasteiger partial charge in [0.15, 0.2) is 11.4 Å². The van der Waals surface area contributed by atoms with Crippen LogP contribution in [0.2, 0.25) is 0 Å². The van der Waals surface area contributed by atoms with Crippen LogP contribution in [0.25, 0.3) is 16.2 Å². The number of rotatable bonds is 6. The second kappa shape index (κ2) is 10.8. The van der Waals surface area contributed by atoms with Crippen molar-refractivity contribution < 1.29 is 14.3 Å². The molecular weight excluding hydrogens is 510 g/mol. The summed E-state index contributed by atoms with van der Waals surface area (Å²) in [6.07, 6.45) is 6.38. The highest BCUT2D eigenvalue weighted by atomic mass is 32.1. The van der Waals surface area contributed by atoms with Crippen LogP contribution in [-0.2, 0) is 11.2 Å². The van der Waals surface area contributed by atoms with Crippen LogP contribution in [-0.4, -0.2) is 62.9 Å². The lowest BCUT2D eigenvalue weighted by Crippen LogP contribution is -2.50. The summed E-state index contributed by atoms with van der Waals surface area (Å²) in [5.74, 6) is 0.0770. The van der Waals surface area contributed by atoms with Gasteiger partial charge in [0.2, 0.25) is 0 Å². The number of ether oxygens (including phenoxy) is 1. The Hall–Kier alpha value is -3.72. The van der Waals surface area contributed by atoms with Crippen LogP contribution in [0.3, 0.4) is 0 Å². The maximum atomic E-state index is 13.5. The molecule has 0 saturated carbocycles. The number of thiophene rings is 1. The number of carbonyl (C=O) groups is 2. The van der Waals surface area contributed by atoms with Gasteiger partial charge in [0.05, 0.1) is 22.5 Å². The minimum absolute atomic E-state index is 0.0770. The van der Waals surface area contributed by atoms with Crippen LogP contribution in [0.5, 0.6) is 0 Å². The lowest BCUT2D eigenvalue weighted by Gasteiger charge is -2.36. The van der Waals surface area contributed by atoms with Crippen molar-refractivity contribution >= 4 is 34.5 Å². The van der Waals surface area contributed by atoms with Gasteiger partial charge >= 0.3 is 6.09 Å². The highest BCUT2D eigenvalue weighted by molar-refractivity contribution is 7.15. The van der Waals surface area contributed by atoms with E-state index < -0.39 is 5.60 Å². The number of Topliss-reactive ketones (excluding diaryl/α,β-unsaturated/α-hetero) is 1. The molecule has 39 heavy (non-hydrogen) atoms. The first kappa shape index (κ1) is 26.9. The van der Waals surface area contributed by atoms with Crippen molar-refractivity contribution in [3.63, 3.8) is 0 Å². The zero-order valence-electron chi connectivity index (χ0n) is 23.2. The molecule has 0 bridgehead atoms. The van der Waals surface area contributed by atoms with Crippen LogP contribution < -0.4 is 4.90 Å². The van der Waals surface area contributed by atoms with E-state index in [2.05, 4.69) is 28.9 Å². The molecule has 1 fully saturated rings. The van der Waals surface area contributed by atoms with Crippen LogP contribution in [0, 0.1) is 13.8 Å². The number of nitrogens with zero attached hydrogens (tertiary/aromatic N) is 5. The molecule has 5 rings (SSSR count). The molecular formula is C30H35N5O3S. The zero-order chi connectivity index (χ0) is 27.7. The van der Waals surface area contributed by atoms with Gasteiger partial charge in [-0.3, -0.25) is 14.2 Å². The highest BCUT2D eigenvalue weighted by Gasteiger charge is 2.28. The molecule has 1 saturated heterocycles. The van der Waals surface area contributed by atoms with Gasteiger partial charge in [-0.15, -0.1) is 11.3 Å². The Labute approximate surface area is 233 Å². The van der Waals surface area contributed by atoms with Gasteiger partial charge in [-0.05, 0) is 70.9 Å². The molecule has 1 aliphatic rings. The van der Waals surface area contributed by atoms with E-state index in [-0.39, 0.29) is 11.9 Å². The molecule has 5 heterocycles. The largest absolute Gasteiger partial charge is 0.444 e. The summed E-state index contributed by atoms with van der Waals surface area (Å²) in [4.78, 5) is 41.5. The predicted molar refractivity (Wildman–Crippen MR) is 155 cm³/mol. The SMILES string of the molecule is Cc1ccc(CCC(=O)c2cc(N3CCN(C(=O)OC(C)(C)C)CC3)c3ncc(-c4ccc(C)s4)n3c2)cn1. The van der Waals surface area contributed by atoms with Crippen molar-refractivity contribution in [3.8, 4) is 10.6 Å². The lowest BCUT2D eigenvalue weighted by atomic mass is 10.0. The van der Waals surface area contributed by atoms with Crippen molar-refractivity contribution in [2.75, 3.05) is 31.1 Å². The third-order valence-corrected chi connectivity index (χ3v) is 7.81. The average molecular weight is 546 g/mol. The van der Waals surface area contributed by atoms with Gasteiger partial charge in [0.1, 0.15) is 5.60 Å². The number of carbonyl (C=O) groups excluding carboxylic acids is 2. The molecule has 1 amide bonds. The summed E-state index contributed by atoms with van der Waals surface area (Å²) in [5.41, 5.74) is 4.81. The second-order valence-corrected chi connectivity index (χ2v) is 12.3. The Kier molecular flexibility index (Phi) is 7.44. The number of anilines is 1. The number of imidazole rings is 1. The number of amides is 1. The number of ketones is 1. The predicted octanol–water partition coefficient (Wildman–Crippen LogP) is 5.95. The summed E-state index contributed by atoms with van der Waals surface area (Å²) in [5, 5.41) is 0. The van der Waals surface area contributed by atoms with E-state index in [1.165, 1.54) is 4.88 Å². The molecule has 4 aromatic heterocycles. The first-order valence-electron chi connectivity index (χ1n) is 13.3. The molecule has 0 N–H and O–H groups in total. The fourth-order valence-corrected chi connectivity index (χ4v) is 5.59. The molecule has 0 spiro atoms. The van der Waals surface area contributed by atoms with Gasteiger partial charge in [-0.1, -0.05) is 6.07 Å². The Bertz CT molecular complexity index is 1490. The molecule has 0 radical (unpaired) electrons. The Morgan fingerprint density at radius 1 is 1.00 bits per heavy atom. The highest BCUT2D eigenvalue weighted by Crippen LogP contribution is 2.33. The third-order valence-electron chi connectivity index (χ3n) is 6.79. The van der Waals surface area contributed by atoms with E-state index in [0.29, 0.717) is 44.6 Å². The smallest absolute Gasteiger partial charge is 0.410 e. The van der Waals surface area contributed by atoms with E-state index in [0.717, 1.165) is 33.2 Å². The summed E-state index contributed by atoms with van der Waals surface area (Å²) in [6, 6.07) is 10.2. The number of piperazine rings is 1. The number of pyridine rings is 2. The fourth-order valence-electron chi connectivity index (χ4n) is 4.71. The summed E-state index contributed by atoms with van der Waals surface area (Å²) in [6.45, 7) is 12.0. The van der Waals surface area contributed by atoms with Gasteiger partial charge in [0.25, 0.3) is 0 Å². The normalized spacial score (nSPS) is 14.2. The van der Waals surface area contributed by atoms with Gasteiger partial charge < -0.3 is 14.5 Å². The minimum atomic E-state index is -0.532. The first-order valence-corrected chi connectivity index (χ1v) is 14.1. The Morgan fingerprint density at radius 3 is 2.41 bits per heavy atom. The quantitative estimate of drug-likeness (QED) is 0.279. The van der Waals surface area contributed by atoms with Crippen molar-refractivity contribution in [2.24, 2.45) is 0 Å². The fraction of sp³-hybridized carbons (Fsp3) is 0.400. The number of aryl methyl sites for hydroxylation is 3. The maximum Gasteiger partial charge on any atom is 0.410 e. The van der Waals surface area contributed by atoms with Crippen molar-refractivity contribution in [1.82, 2.24) is 19.3 Å². The topological polar surface area (TPSA) is 80.0 Å². The van der Waals surface area contributed by atoms with E-state index in [1.54, 1.807) is 16.2 Å². The van der Waals surface area contributed by atoms with Crippen molar-refractivity contribution in [3.05, 3.63) is 70.6 Å². The van der Waals surface area contributed by atoms with Crippen LogP contribution in [0.1, 0.15) is 53.7 Å². The van der Waals surface area contributed by atoms with Crippen LogP contribution in [0.15, 0.2) is 48.9 Å². The third kappa shape index (κ3) is 6.14. The number of hydrogen-bond acceptors (Lipinski definition) is 7. The molecule has 0 aliphatic carbocycles. The minimum Gasteiger partial charge on any atom is -0.444 e. The van der Waals surface area contributed by atoms with E-state index >= 15 is 0 Å². The summed E-state index contributed by atoms with van der Waals surface area (Å²) < 4.78 is 7.61. The van der Waals surface area contributed by atoms with Gasteiger partial charge in [0, 0.05) is 61.1 Å². The molecule has 4 aromatic rings. The Balaban J connectivity index is 1.43. The molecule has 204 valence electrons. The molecule has 8 nitrogen and oxygen atoms in total. The van der Waals surface area contributed by atoms with Crippen LogP contribution in [0.4, 0.5) is 10.5 Å². The standard InChI is InChI=1S/C30H35N5O3S/c1-20-6-8-22(17-31-20)9-10-26(36)23-16-24(33-12-14-34(15-13-33)29(37)38-30(3,4)5)28-32-18-25(35(28)19-23)27-11-7-21(2)39-27/h6-8,11,16-19H,9-10,12-15H2,1-5H3. The maximum absolute atomic E-state index is 13.5. The zero-order valence-corrected chi connectivity index (χ0v) is 24.0. The van der Waals surface area contributed by atoms with Crippen molar-refractivity contribution in [1.29, 1.82) is 0 Å². The molecule has 1 aliphatic heterocycles. The lowest BCUT2D eigenvalue weighted by molar-refractivity contribution is 0.0240. The molecule has 0 atom stereocenters. The molecule has 0 unspecified atom stereocenters. The number of hydrogen-bond donors (Lipinski definition) is 0. The van der Waals surface area contributed by atoms with Crippen molar-refractivity contribution in [2.45, 2.75) is 53.1 Å². The van der Waals surface area contributed by atoms with E-state index in [1.807, 2.05) is 68.9 Å². The number of fused-ring (bicyclic) bond motifs is 1.